The minimum Gasteiger partial charge on any atom is -0.383 e. The van der Waals surface area contributed by atoms with Crippen LogP contribution in [0.15, 0.2) is 0 Å². The number of methoxy groups -OCH3 is 1. The maximum Gasteiger partial charge on any atom is 0.0628 e. The van der Waals surface area contributed by atoms with E-state index in [2.05, 4.69) is 15.5 Å². The fourth-order valence-corrected chi connectivity index (χ4v) is 1.68. The summed E-state index contributed by atoms with van der Waals surface area (Å²) in [5, 5.41) is 6.61. The van der Waals surface area contributed by atoms with Crippen LogP contribution in [0, 0.1) is 0 Å². The molecule has 0 spiro atoms. The van der Waals surface area contributed by atoms with Gasteiger partial charge in [0, 0.05) is 45.9 Å². The molecule has 2 N–H and O–H groups in total. The first-order chi connectivity index (χ1) is 6.36. The van der Waals surface area contributed by atoms with Crippen LogP contribution in [-0.4, -0.2) is 64.4 Å². The molecule has 0 aliphatic carbocycles. The van der Waals surface area contributed by atoms with Gasteiger partial charge in [0.25, 0.3) is 0 Å². The Morgan fingerprint density at radius 2 is 2.46 bits per heavy atom. The Morgan fingerprint density at radius 1 is 1.62 bits per heavy atom. The van der Waals surface area contributed by atoms with Crippen LogP contribution in [0.2, 0.25) is 0 Å². The Morgan fingerprint density at radius 3 is 3.15 bits per heavy atom. The molecule has 0 aromatic heterocycles. The van der Waals surface area contributed by atoms with Crippen LogP contribution in [-0.2, 0) is 4.74 Å². The molecule has 4 heteroatoms. The van der Waals surface area contributed by atoms with Gasteiger partial charge in [-0.15, -0.1) is 0 Å². The second-order valence-corrected chi connectivity index (χ2v) is 3.51. The van der Waals surface area contributed by atoms with Crippen LogP contribution >= 0.6 is 0 Å². The SMILES string of the molecule is CNCCN1CCN[C@@H](COC)C1. The van der Waals surface area contributed by atoms with E-state index < -0.39 is 0 Å². The Labute approximate surface area is 80.6 Å². The van der Waals surface area contributed by atoms with Crippen molar-refractivity contribution in [2.24, 2.45) is 0 Å². The zero-order valence-electron chi connectivity index (χ0n) is 8.68. The van der Waals surface area contributed by atoms with E-state index in [1.165, 1.54) is 0 Å². The second kappa shape index (κ2) is 6.32. The molecule has 1 saturated heterocycles. The smallest absolute Gasteiger partial charge is 0.0628 e. The normalized spacial score (nSPS) is 24.9. The average Bonchev–Trinajstić information content (AvgIpc) is 2.16. The van der Waals surface area contributed by atoms with E-state index in [0.717, 1.165) is 39.3 Å². The van der Waals surface area contributed by atoms with Gasteiger partial charge >= 0.3 is 0 Å². The van der Waals surface area contributed by atoms with Crippen LogP contribution in [0.5, 0.6) is 0 Å². The van der Waals surface area contributed by atoms with Crippen molar-refractivity contribution < 1.29 is 4.74 Å². The fraction of sp³-hybridized carbons (Fsp3) is 1.00. The predicted octanol–water partition coefficient (Wildman–Crippen LogP) is -0.874. The Kier molecular flexibility index (Phi) is 5.31. The molecule has 0 amide bonds. The Balaban J connectivity index is 2.16. The summed E-state index contributed by atoms with van der Waals surface area (Å²) in [6, 6.07) is 0.510. The lowest BCUT2D eigenvalue weighted by Gasteiger charge is -2.33. The molecule has 1 rings (SSSR count). The van der Waals surface area contributed by atoms with Gasteiger partial charge < -0.3 is 15.4 Å². The topological polar surface area (TPSA) is 36.5 Å². The van der Waals surface area contributed by atoms with Gasteiger partial charge in [0.1, 0.15) is 0 Å². The lowest BCUT2D eigenvalue weighted by molar-refractivity contribution is 0.116. The number of nitrogens with one attached hydrogen (secondary N) is 2. The lowest BCUT2D eigenvalue weighted by Crippen LogP contribution is -2.53. The summed E-state index contributed by atoms with van der Waals surface area (Å²) in [5.41, 5.74) is 0. The number of hydrogen-bond acceptors (Lipinski definition) is 4. The molecule has 1 atom stereocenters. The first kappa shape index (κ1) is 10.9. The first-order valence-corrected chi connectivity index (χ1v) is 4.96. The molecule has 13 heavy (non-hydrogen) atoms. The summed E-state index contributed by atoms with van der Waals surface area (Å²) < 4.78 is 5.13. The van der Waals surface area contributed by atoms with Crippen LogP contribution in [0.3, 0.4) is 0 Å². The van der Waals surface area contributed by atoms with Gasteiger partial charge in [0.05, 0.1) is 6.61 Å². The fourth-order valence-electron chi connectivity index (χ4n) is 1.68. The Hall–Kier alpha value is -0.160. The zero-order valence-corrected chi connectivity index (χ0v) is 8.68. The monoisotopic (exact) mass is 187 g/mol. The van der Waals surface area contributed by atoms with Gasteiger partial charge in [-0.05, 0) is 7.05 Å². The van der Waals surface area contributed by atoms with Gasteiger partial charge in [-0.2, -0.15) is 0 Å². The Bertz CT molecular complexity index is 130. The molecular weight excluding hydrogens is 166 g/mol. The molecule has 1 heterocycles. The number of hydrogen-bond donors (Lipinski definition) is 2. The largest absolute Gasteiger partial charge is 0.383 e. The number of piperazine rings is 1. The van der Waals surface area contributed by atoms with Crippen molar-refractivity contribution in [3.8, 4) is 0 Å². The van der Waals surface area contributed by atoms with Crippen molar-refractivity contribution in [2.45, 2.75) is 6.04 Å². The quantitative estimate of drug-likeness (QED) is 0.586. The van der Waals surface area contributed by atoms with Crippen LogP contribution < -0.4 is 10.6 Å². The van der Waals surface area contributed by atoms with Crippen LogP contribution in [0.1, 0.15) is 0 Å². The molecule has 78 valence electrons. The van der Waals surface area contributed by atoms with E-state index in [9.17, 15) is 0 Å². The highest BCUT2D eigenvalue weighted by Gasteiger charge is 2.17. The predicted molar refractivity (Wildman–Crippen MR) is 54.0 cm³/mol. The minimum atomic E-state index is 0.510. The van der Waals surface area contributed by atoms with E-state index in [4.69, 9.17) is 4.74 Å². The molecule has 0 bridgehead atoms. The highest BCUT2D eigenvalue weighted by atomic mass is 16.5. The first-order valence-electron chi connectivity index (χ1n) is 4.96. The summed E-state index contributed by atoms with van der Waals surface area (Å²) in [4.78, 5) is 2.47. The molecule has 0 aromatic carbocycles. The highest BCUT2D eigenvalue weighted by Crippen LogP contribution is 1.98. The summed E-state index contributed by atoms with van der Waals surface area (Å²) >= 11 is 0. The summed E-state index contributed by atoms with van der Waals surface area (Å²) in [5.74, 6) is 0. The third-order valence-corrected chi connectivity index (χ3v) is 2.39. The molecule has 1 aliphatic rings. The summed E-state index contributed by atoms with van der Waals surface area (Å²) in [6.45, 7) is 6.36. The third-order valence-electron chi connectivity index (χ3n) is 2.39. The molecule has 4 nitrogen and oxygen atoms in total. The molecule has 0 saturated carbocycles. The zero-order chi connectivity index (χ0) is 9.52. The highest BCUT2D eigenvalue weighted by molar-refractivity contribution is 4.78. The van der Waals surface area contributed by atoms with Crippen molar-refractivity contribution in [2.75, 3.05) is 53.5 Å². The van der Waals surface area contributed by atoms with Crippen molar-refractivity contribution in [3.63, 3.8) is 0 Å². The van der Waals surface area contributed by atoms with E-state index in [1.54, 1.807) is 7.11 Å². The van der Waals surface area contributed by atoms with Gasteiger partial charge in [-0.1, -0.05) is 0 Å². The maximum absolute atomic E-state index is 5.13. The molecular formula is C9H21N3O. The summed E-state index contributed by atoms with van der Waals surface area (Å²) in [7, 11) is 3.75. The number of ether oxygens (including phenoxy) is 1. The van der Waals surface area contributed by atoms with Crippen molar-refractivity contribution in [1.82, 2.24) is 15.5 Å². The molecule has 1 aliphatic heterocycles. The lowest BCUT2D eigenvalue weighted by atomic mass is 10.2. The number of likely N-dealkylation sites (N-methyl/N-ethyl adjacent to an activating group) is 1. The maximum atomic E-state index is 5.13. The van der Waals surface area contributed by atoms with E-state index in [-0.39, 0.29) is 0 Å². The van der Waals surface area contributed by atoms with E-state index in [1.807, 2.05) is 7.05 Å². The second-order valence-electron chi connectivity index (χ2n) is 3.51. The minimum absolute atomic E-state index is 0.510. The number of rotatable bonds is 5. The van der Waals surface area contributed by atoms with Gasteiger partial charge in [0.2, 0.25) is 0 Å². The standard InChI is InChI=1S/C9H21N3O/c1-10-3-5-12-6-4-11-9(7-12)8-13-2/h9-11H,3-8H2,1-2H3/t9-/m1/s1. The van der Waals surface area contributed by atoms with E-state index >= 15 is 0 Å². The number of nitrogens with zero attached hydrogens (tertiary/aromatic N) is 1. The van der Waals surface area contributed by atoms with Gasteiger partial charge in [0.15, 0.2) is 0 Å². The molecule has 0 radical (unpaired) electrons. The van der Waals surface area contributed by atoms with E-state index in [0.29, 0.717) is 6.04 Å². The van der Waals surface area contributed by atoms with Crippen molar-refractivity contribution in [3.05, 3.63) is 0 Å². The molecule has 1 fully saturated rings. The average molecular weight is 187 g/mol. The molecule has 0 unspecified atom stereocenters. The summed E-state index contributed by atoms with van der Waals surface area (Å²) in [6.07, 6.45) is 0. The molecule has 0 aromatic rings. The van der Waals surface area contributed by atoms with Crippen LogP contribution in [0.25, 0.3) is 0 Å². The van der Waals surface area contributed by atoms with Gasteiger partial charge in [-0.25, -0.2) is 0 Å². The van der Waals surface area contributed by atoms with Crippen LogP contribution in [0.4, 0.5) is 0 Å². The van der Waals surface area contributed by atoms with Gasteiger partial charge in [-0.3, -0.25) is 4.90 Å². The van der Waals surface area contributed by atoms with Crippen molar-refractivity contribution >= 4 is 0 Å². The third kappa shape index (κ3) is 4.04. The van der Waals surface area contributed by atoms with Crippen molar-refractivity contribution in [1.29, 1.82) is 0 Å².